The lowest BCUT2D eigenvalue weighted by Crippen LogP contribution is -2.32. The van der Waals surface area contributed by atoms with Gasteiger partial charge in [0.15, 0.2) is 0 Å². The summed E-state index contributed by atoms with van der Waals surface area (Å²) >= 11 is 0. The van der Waals surface area contributed by atoms with Gasteiger partial charge >= 0.3 is 0 Å². The monoisotopic (exact) mass is 185 g/mol. The molecule has 0 saturated carbocycles. The van der Waals surface area contributed by atoms with E-state index in [-0.39, 0.29) is 0 Å². The second-order valence-corrected chi connectivity index (χ2v) is 4.90. The van der Waals surface area contributed by atoms with E-state index >= 15 is 0 Å². The quantitative estimate of drug-likeness (QED) is 0.668. The van der Waals surface area contributed by atoms with Gasteiger partial charge in [-0.15, -0.1) is 0 Å². The van der Waals surface area contributed by atoms with Gasteiger partial charge in [-0.2, -0.15) is 0 Å². The van der Waals surface area contributed by atoms with Crippen molar-refractivity contribution in [3.05, 3.63) is 0 Å². The van der Waals surface area contributed by atoms with Crippen molar-refractivity contribution in [3.8, 4) is 0 Å². The highest BCUT2D eigenvalue weighted by Crippen LogP contribution is 2.36. The van der Waals surface area contributed by atoms with Crippen LogP contribution in [0.1, 0.15) is 53.9 Å². The molecule has 0 radical (unpaired) electrons. The Kier molecular flexibility index (Phi) is 5.62. The number of rotatable bonds is 6. The minimum absolute atomic E-state index is 0.478. The Morgan fingerprint density at radius 1 is 1.15 bits per heavy atom. The standard InChI is InChI=1S/C12H27N/c1-7-11(8-2)12(4,5)9-10(3)13-6/h10-11,13H,7-9H2,1-6H3. The minimum atomic E-state index is 0.478. The Hall–Kier alpha value is -0.0400. The summed E-state index contributed by atoms with van der Waals surface area (Å²) in [7, 11) is 2.05. The summed E-state index contributed by atoms with van der Waals surface area (Å²) < 4.78 is 0. The molecule has 80 valence electrons. The molecule has 13 heavy (non-hydrogen) atoms. The molecule has 1 heteroatoms. The van der Waals surface area contributed by atoms with Crippen LogP contribution in [0.3, 0.4) is 0 Å². The first kappa shape index (κ1) is 13.0. The van der Waals surface area contributed by atoms with Gasteiger partial charge in [-0.05, 0) is 31.7 Å². The summed E-state index contributed by atoms with van der Waals surface area (Å²) in [5.74, 6) is 0.864. The van der Waals surface area contributed by atoms with Crippen molar-refractivity contribution in [1.82, 2.24) is 5.32 Å². The predicted octanol–water partition coefficient (Wildman–Crippen LogP) is 3.45. The Morgan fingerprint density at radius 3 is 1.92 bits per heavy atom. The summed E-state index contributed by atoms with van der Waals surface area (Å²) in [5.41, 5.74) is 0.478. The summed E-state index contributed by atoms with van der Waals surface area (Å²) in [4.78, 5) is 0. The van der Waals surface area contributed by atoms with Crippen LogP contribution in [0.15, 0.2) is 0 Å². The van der Waals surface area contributed by atoms with Crippen LogP contribution < -0.4 is 5.32 Å². The van der Waals surface area contributed by atoms with E-state index in [1.54, 1.807) is 0 Å². The summed E-state index contributed by atoms with van der Waals surface area (Å²) in [6.45, 7) is 11.7. The molecule has 0 fully saturated rings. The second kappa shape index (κ2) is 5.64. The van der Waals surface area contributed by atoms with E-state index in [0.29, 0.717) is 11.5 Å². The van der Waals surface area contributed by atoms with E-state index < -0.39 is 0 Å². The highest BCUT2D eigenvalue weighted by atomic mass is 14.9. The van der Waals surface area contributed by atoms with Gasteiger partial charge in [0.05, 0.1) is 0 Å². The van der Waals surface area contributed by atoms with Gasteiger partial charge < -0.3 is 5.32 Å². The van der Waals surface area contributed by atoms with Gasteiger partial charge in [0.25, 0.3) is 0 Å². The van der Waals surface area contributed by atoms with Gasteiger partial charge in [0.2, 0.25) is 0 Å². The zero-order valence-corrected chi connectivity index (χ0v) is 10.3. The largest absolute Gasteiger partial charge is 0.317 e. The molecule has 0 spiro atoms. The van der Waals surface area contributed by atoms with Crippen LogP contribution in [0, 0.1) is 11.3 Å². The van der Waals surface area contributed by atoms with Crippen LogP contribution >= 0.6 is 0 Å². The third-order valence-electron chi connectivity index (χ3n) is 3.42. The average Bonchev–Trinajstić information content (AvgIpc) is 2.05. The molecule has 0 saturated heterocycles. The van der Waals surface area contributed by atoms with Crippen LogP contribution in [0.5, 0.6) is 0 Å². The smallest absolute Gasteiger partial charge is 0.00409 e. The number of hydrogen-bond donors (Lipinski definition) is 1. The summed E-state index contributed by atoms with van der Waals surface area (Å²) in [6.07, 6.45) is 3.88. The lowest BCUT2D eigenvalue weighted by molar-refractivity contribution is 0.166. The highest BCUT2D eigenvalue weighted by Gasteiger charge is 2.27. The molecular weight excluding hydrogens is 158 g/mol. The molecule has 0 aliphatic rings. The summed E-state index contributed by atoms with van der Waals surface area (Å²) in [5, 5.41) is 3.32. The zero-order chi connectivity index (χ0) is 10.5. The molecule has 0 bridgehead atoms. The van der Waals surface area contributed by atoms with Gasteiger partial charge in [-0.1, -0.05) is 40.5 Å². The maximum absolute atomic E-state index is 3.32. The molecule has 0 aromatic rings. The second-order valence-electron chi connectivity index (χ2n) is 4.90. The van der Waals surface area contributed by atoms with Crippen molar-refractivity contribution >= 4 is 0 Å². The van der Waals surface area contributed by atoms with Gasteiger partial charge in [-0.25, -0.2) is 0 Å². The fourth-order valence-electron chi connectivity index (χ4n) is 2.45. The van der Waals surface area contributed by atoms with Crippen molar-refractivity contribution < 1.29 is 0 Å². The Balaban J connectivity index is 4.18. The Bertz CT molecular complexity index is 125. The molecule has 0 aliphatic carbocycles. The molecule has 0 rings (SSSR count). The van der Waals surface area contributed by atoms with Gasteiger partial charge in [-0.3, -0.25) is 0 Å². The van der Waals surface area contributed by atoms with E-state index in [1.165, 1.54) is 19.3 Å². The normalized spacial score (nSPS) is 15.0. The number of nitrogens with one attached hydrogen (secondary N) is 1. The molecular formula is C12H27N. The predicted molar refractivity (Wildman–Crippen MR) is 61.0 cm³/mol. The first-order valence-electron chi connectivity index (χ1n) is 5.65. The molecule has 1 atom stereocenters. The van der Waals surface area contributed by atoms with Gasteiger partial charge in [0.1, 0.15) is 0 Å². The van der Waals surface area contributed by atoms with Crippen molar-refractivity contribution in [2.75, 3.05) is 7.05 Å². The van der Waals surface area contributed by atoms with E-state index in [4.69, 9.17) is 0 Å². The van der Waals surface area contributed by atoms with Crippen LogP contribution in [0.25, 0.3) is 0 Å². The molecule has 0 amide bonds. The molecule has 0 heterocycles. The zero-order valence-electron chi connectivity index (χ0n) is 10.3. The lowest BCUT2D eigenvalue weighted by Gasteiger charge is -2.35. The Labute approximate surface area is 84.3 Å². The highest BCUT2D eigenvalue weighted by molar-refractivity contribution is 4.80. The maximum Gasteiger partial charge on any atom is 0.00409 e. The molecule has 0 aromatic carbocycles. The van der Waals surface area contributed by atoms with E-state index in [9.17, 15) is 0 Å². The van der Waals surface area contributed by atoms with E-state index in [0.717, 1.165) is 5.92 Å². The van der Waals surface area contributed by atoms with E-state index in [1.807, 2.05) is 7.05 Å². The van der Waals surface area contributed by atoms with Crippen LogP contribution in [0.4, 0.5) is 0 Å². The van der Waals surface area contributed by atoms with Crippen molar-refractivity contribution in [2.45, 2.75) is 59.9 Å². The maximum atomic E-state index is 3.32. The third-order valence-corrected chi connectivity index (χ3v) is 3.42. The first-order valence-corrected chi connectivity index (χ1v) is 5.65. The molecule has 0 aromatic heterocycles. The topological polar surface area (TPSA) is 12.0 Å². The molecule has 0 aliphatic heterocycles. The van der Waals surface area contributed by atoms with Crippen LogP contribution in [0.2, 0.25) is 0 Å². The minimum Gasteiger partial charge on any atom is -0.317 e. The average molecular weight is 185 g/mol. The molecule has 1 nitrogen and oxygen atoms in total. The lowest BCUT2D eigenvalue weighted by atomic mass is 9.72. The summed E-state index contributed by atoms with van der Waals surface area (Å²) in [6, 6.07) is 0.635. The SMILES string of the molecule is CCC(CC)C(C)(C)CC(C)NC. The van der Waals surface area contributed by atoms with Crippen molar-refractivity contribution in [2.24, 2.45) is 11.3 Å². The first-order chi connectivity index (χ1) is 5.97. The fourth-order valence-corrected chi connectivity index (χ4v) is 2.45. The Morgan fingerprint density at radius 2 is 1.62 bits per heavy atom. The van der Waals surface area contributed by atoms with Gasteiger partial charge in [0, 0.05) is 6.04 Å². The molecule has 1 unspecified atom stereocenters. The third kappa shape index (κ3) is 4.12. The number of hydrogen-bond acceptors (Lipinski definition) is 1. The molecule has 1 N–H and O–H groups in total. The van der Waals surface area contributed by atoms with Crippen LogP contribution in [-0.4, -0.2) is 13.1 Å². The fraction of sp³-hybridized carbons (Fsp3) is 1.00. The van der Waals surface area contributed by atoms with Crippen molar-refractivity contribution in [3.63, 3.8) is 0 Å². The van der Waals surface area contributed by atoms with Crippen LogP contribution in [-0.2, 0) is 0 Å². The van der Waals surface area contributed by atoms with E-state index in [2.05, 4.69) is 39.9 Å². The van der Waals surface area contributed by atoms with Crippen molar-refractivity contribution in [1.29, 1.82) is 0 Å².